The van der Waals surface area contributed by atoms with Crippen LogP contribution in [0.3, 0.4) is 0 Å². The minimum absolute atomic E-state index is 0.213. The number of hydrogen-bond donors (Lipinski definition) is 2. The number of nitrogens with one attached hydrogen (secondary N) is 1. The number of ether oxygens (including phenoxy) is 1. The fourth-order valence-corrected chi connectivity index (χ4v) is 1.94. The quantitative estimate of drug-likeness (QED) is 0.634. The molecule has 0 aliphatic rings. The highest BCUT2D eigenvalue weighted by Crippen LogP contribution is 2.10. The summed E-state index contributed by atoms with van der Waals surface area (Å²) in [6.07, 6.45) is 9.28. The van der Waals surface area contributed by atoms with Gasteiger partial charge < -0.3 is 15.5 Å². The average molecular weight is 297 g/mol. The molecule has 22 heavy (non-hydrogen) atoms. The zero-order chi connectivity index (χ0) is 15.8. The molecule has 0 radical (unpaired) electrons. The van der Waals surface area contributed by atoms with Crippen molar-refractivity contribution >= 4 is 12.0 Å². The Labute approximate surface area is 129 Å². The summed E-state index contributed by atoms with van der Waals surface area (Å²) in [6, 6.07) is 8.11. The fraction of sp³-hybridized carbons (Fsp3) is 0.176. The number of aromatic amines is 1. The number of imidazole rings is 1. The highest BCUT2D eigenvalue weighted by Gasteiger charge is 1.99. The molecule has 0 saturated heterocycles. The molecule has 0 aliphatic carbocycles. The number of rotatable bonds is 6. The van der Waals surface area contributed by atoms with Crippen molar-refractivity contribution < 1.29 is 9.53 Å². The summed E-state index contributed by atoms with van der Waals surface area (Å²) in [4.78, 5) is 18.6. The van der Waals surface area contributed by atoms with E-state index in [9.17, 15) is 4.79 Å². The van der Waals surface area contributed by atoms with Gasteiger partial charge in [0.2, 0.25) is 0 Å². The number of carbonyl (C=O) groups is 1. The Balaban J connectivity index is 1.88. The predicted molar refractivity (Wildman–Crippen MR) is 85.8 cm³/mol. The molecule has 0 fully saturated rings. The summed E-state index contributed by atoms with van der Waals surface area (Å²) in [7, 11) is 0. The SMILES string of the molecule is C/C(N)=C/C(=O)OC/C=C/c1cccc(Cc2ncc[nH]2)c1. The summed E-state index contributed by atoms with van der Waals surface area (Å²) >= 11 is 0. The van der Waals surface area contributed by atoms with Crippen molar-refractivity contribution in [2.75, 3.05) is 6.61 Å². The standard InChI is InChI=1S/C17H19N3O2/c1-13(18)10-17(21)22-9-3-6-14-4-2-5-15(11-14)12-16-19-7-8-20-16/h2-8,10-11H,9,12,18H2,1H3,(H,19,20)/b6-3+,13-10-. The molecule has 0 amide bonds. The van der Waals surface area contributed by atoms with Gasteiger partial charge in [-0.3, -0.25) is 0 Å². The van der Waals surface area contributed by atoms with E-state index in [1.54, 1.807) is 19.2 Å². The van der Waals surface area contributed by atoms with Gasteiger partial charge in [0.1, 0.15) is 12.4 Å². The van der Waals surface area contributed by atoms with E-state index in [1.807, 2.05) is 24.4 Å². The second kappa shape index (κ2) is 7.83. The average Bonchev–Trinajstić information content (AvgIpc) is 2.96. The minimum atomic E-state index is -0.434. The van der Waals surface area contributed by atoms with Crippen molar-refractivity contribution in [3.63, 3.8) is 0 Å². The highest BCUT2D eigenvalue weighted by molar-refractivity contribution is 5.82. The van der Waals surface area contributed by atoms with Crippen molar-refractivity contribution in [1.82, 2.24) is 9.97 Å². The van der Waals surface area contributed by atoms with Gasteiger partial charge >= 0.3 is 5.97 Å². The lowest BCUT2D eigenvalue weighted by molar-refractivity contribution is -0.136. The first-order valence-corrected chi connectivity index (χ1v) is 6.98. The largest absolute Gasteiger partial charge is 0.458 e. The van der Waals surface area contributed by atoms with Crippen LogP contribution in [0.15, 0.2) is 54.5 Å². The number of H-pyrrole nitrogens is 1. The number of hydrogen-bond acceptors (Lipinski definition) is 4. The second-order valence-electron chi connectivity index (χ2n) is 4.88. The van der Waals surface area contributed by atoms with Crippen LogP contribution in [0.2, 0.25) is 0 Å². The first-order chi connectivity index (χ1) is 10.6. The number of carbonyl (C=O) groups excluding carboxylic acids is 1. The van der Waals surface area contributed by atoms with Crippen molar-refractivity contribution in [2.45, 2.75) is 13.3 Å². The van der Waals surface area contributed by atoms with Gasteiger partial charge in [-0.1, -0.05) is 30.3 Å². The number of allylic oxidation sites excluding steroid dienone is 1. The molecule has 0 bridgehead atoms. The van der Waals surface area contributed by atoms with Crippen LogP contribution >= 0.6 is 0 Å². The van der Waals surface area contributed by atoms with Gasteiger partial charge in [0.05, 0.1) is 0 Å². The normalized spacial score (nSPS) is 11.8. The van der Waals surface area contributed by atoms with E-state index >= 15 is 0 Å². The van der Waals surface area contributed by atoms with Gasteiger partial charge in [-0.25, -0.2) is 9.78 Å². The van der Waals surface area contributed by atoms with Gasteiger partial charge in [-0.05, 0) is 24.1 Å². The Morgan fingerprint density at radius 3 is 3.05 bits per heavy atom. The summed E-state index contributed by atoms with van der Waals surface area (Å²) in [5.74, 6) is 0.496. The Morgan fingerprint density at radius 2 is 2.32 bits per heavy atom. The van der Waals surface area contributed by atoms with E-state index in [4.69, 9.17) is 10.5 Å². The predicted octanol–water partition coefficient (Wildman–Crippen LogP) is 2.42. The van der Waals surface area contributed by atoms with E-state index in [-0.39, 0.29) is 6.61 Å². The third-order valence-electron chi connectivity index (χ3n) is 2.86. The summed E-state index contributed by atoms with van der Waals surface area (Å²) in [5.41, 5.74) is 8.04. The maximum atomic E-state index is 11.3. The molecule has 2 rings (SSSR count). The molecule has 1 aromatic heterocycles. The van der Waals surface area contributed by atoms with E-state index in [2.05, 4.69) is 22.1 Å². The van der Waals surface area contributed by atoms with Crippen LogP contribution in [-0.4, -0.2) is 22.5 Å². The molecule has 0 spiro atoms. The van der Waals surface area contributed by atoms with Crippen LogP contribution < -0.4 is 5.73 Å². The Bertz CT molecular complexity index is 669. The monoisotopic (exact) mass is 297 g/mol. The Kier molecular flexibility index (Phi) is 5.54. The number of nitrogens with two attached hydrogens (primary N) is 1. The smallest absolute Gasteiger partial charge is 0.332 e. The fourth-order valence-electron chi connectivity index (χ4n) is 1.94. The zero-order valence-electron chi connectivity index (χ0n) is 12.5. The van der Waals surface area contributed by atoms with Crippen molar-refractivity contribution in [3.05, 3.63) is 71.5 Å². The Morgan fingerprint density at radius 1 is 1.45 bits per heavy atom. The van der Waals surface area contributed by atoms with E-state index in [0.717, 1.165) is 23.4 Å². The molecule has 0 atom stereocenters. The minimum Gasteiger partial charge on any atom is -0.458 e. The molecule has 5 heteroatoms. The van der Waals surface area contributed by atoms with Crippen LogP contribution in [0.25, 0.3) is 6.08 Å². The molecule has 5 nitrogen and oxygen atoms in total. The molecule has 1 heterocycles. The highest BCUT2D eigenvalue weighted by atomic mass is 16.5. The first-order valence-electron chi connectivity index (χ1n) is 6.98. The lowest BCUT2D eigenvalue weighted by atomic mass is 10.1. The Hall–Kier alpha value is -2.82. The molecule has 2 aromatic rings. The van der Waals surface area contributed by atoms with Crippen LogP contribution in [0.1, 0.15) is 23.9 Å². The van der Waals surface area contributed by atoms with E-state index in [1.165, 1.54) is 6.08 Å². The molecular weight excluding hydrogens is 278 g/mol. The topological polar surface area (TPSA) is 81.0 Å². The number of nitrogens with zero attached hydrogens (tertiary/aromatic N) is 1. The summed E-state index contributed by atoms with van der Waals surface area (Å²) < 4.78 is 4.99. The first kappa shape index (κ1) is 15.6. The van der Waals surface area contributed by atoms with Gasteiger partial charge in [0.25, 0.3) is 0 Å². The summed E-state index contributed by atoms with van der Waals surface area (Å²) in [5, 5.41) is 0. The molecule has 0 saturated carbocycles. The lowest BCUT2D eigenvalue weighted by Crippen LogP contribution is -2.03. The number of aromatic nitrogens is 2. The van der Waals surface area contributed by atoms with Crippen molar-refractivity contribution in [2.24, 2.45) is 5.73 Å². The molecule has 114 valence electrons. The molecule has 3 N–H and O–H groups in total. The van der Waals surface area contributed by atoms with Gasteiger partial charge in [-0.2, -0.15) is 0 Å². The number of benzene rings is 1. The number of esters is 1. The molecular formula is C17H19N3O2. The van der Waals surface area contributed by atoms with Crippen molar-refractivity contribution in [1.29, 1.82) is 0 Å². The summed E-state index contributed by atoms with van der Waals surface area (Å²) in [6.45, 7) is 1.85. The third kappa shape index (κ3) is 5.28. The van der Waals surface area contributed by atoms with E-state index < -0.39 is 5.97 Å². The zero-order valence-corrected chi connectivity index (χ0v) is 12.5. The molecule has 1 aromatic carbocycles. The maximum absolute atomic E-state index is 11.3. The maximum Gasteiger partial charge on any atom is 0.332 e. The van der Waals surface area contributed by atoms with Crippen LogP contribution in [0.5, 0.6) is 0 Å². The second-order valence-corrected chi connectivity index (χ2v) is 4.88. The van der Waals surface area contributed by atoms with Crippen LogP contribution in [0.4, 0.5) is 0 Å². The molecule has 0 aliphatic heterocycles. The lowest BCUT2D eigenvalue weighted by Gasteiger charge is -2.01. The van der Waals surface area contributed by atoms with Gasteiger partial charge in [0, 0.05) is 30.6 Å². The molecule has 0 unspecified atom stereocenters. The third-order valence-corrected chi connectivity index (χ3v) is 2.86. The van der Waals surface area contributed by atoms with Crippen LogP contribution in [0, 0.1) is 0 Å². The van der Waals surface area contributed by atoms with E-state index in [0.29, 0.717) is 5.70 Å². The van der Waals surface area contributed by atoms with Crippen LogP contribution in [-0.2, 0) is 16.0 Å². The van der Waals surface area contributed by atoms with Gasteiger partial charge in [0.15, 0.2) is 0 Å². The van der Waals surface area contributed by atoms with Crippen molar-refractivity contribution in [3.8, 4) is 0 Å². The van der Waals surface area contributed by atoms with Gasteiger partial charge in [-0.15, -0.1) is 0 Å².